The number of nitrogen functional groups attached to an aromatic ring is 1. The van der Waals surface area contributed by atoms with E-state index in [4.69, 9.17) is 34.3 Å². The van der Waals surface area contributed by atoms with Crippen molar-refractivity contribution in [2.75, 3.05) is 33.0 Å². The largest absolute Gasteiger partial charge is 0.459 e. The number of cyclic esters (lactones) is 1. The fraction of sp³-hybridized carbons (Fsp3) is 0.721. The average molecular weight is 873 g/mol. The number of esters is 1. The van der Waals surface area contributed by atoms with Gasteiger partial charge in [0, 0.05) is 47.9 Å². The number of pyridine rings is 1. The van der Waals surface area contributed by atoms with Crippen LogP contribution in [0.1, 0.15) is 93.7 Å². The Labute approximate surface area is 362 Å². The highest BCUT2D eigenvalue weighted by atomic mass is 32.1. The maximum Gasteiger partial charge on any atom is 0.316 e. The van der Waals surface area contributed by atoms with E-state index in [2.05, 4.69) is 19.5 Å². The third-order valence-electron chi connectivity index (χ3n) is 12.4. The van der Waals surface area contributed by atoms with Gasteiger partial charge in [-0.3, -0.25) is 19.4 Å². The Morgan fingerprint density at radius 2 is 1.80 bits per heavy atom. The number of nitrogens with zero attached hydrogens (tertiary/aromatic N) is 5. The van der Waals surface area contributed by atoms with Crippen LogP contribution < -0.4 is 5.73 Å². The summed E-state index contributed by atoms with van der Waals surface area (Å²) in [6, 6.07) is 3.48. The summed E-state index contributed by atoms with van der Waals surface area (Å²) in [5, 5.41) is 17.3. The number of ketones is 3. The molecule has 3 aliphatic heterocycles. The van der Waals surface area contributed by atoms with Crippen molar-refractivity contribution in [2.24, 2.45) is 34.7 Å². The Morgan fingerprint density at radius 1 is 1.08 bits per heavy atom. The molecule has 0 spiro atoms. The molecular weight excluding hydrogens is 809 g/mol. The molecule has 17 nitrogen and oxygen atoms in total. The molecule has 5 rings (SSSR count). The molecule has 2 bridgehead atoms. The summed E-state index contributed by atoms with van der Waals surface area (Å²) in [5.41, 5.74) is 3.94. The van der Waals surface area contributed by atoms with Crippen molar-refractivity contribution in [2.45, 2.75) is 143 Å². The van der Waals surface area contributed by atoms with Crippen LogP contribution >= 0.6 is 11.5 Å². The first-order valence-electron chi connectivity index (χ1n) is 21.1. The molecule has 0 amide bonds. The fourth-order valence-electron chi connectivity index (χ4n) is 9.10. The number of hydrogen-bond donors (Lipinski definition) is 2. The van der Waals surface area contributed by atoms with Crippen LogP contribution in [-0.4, -0.2) is 129 Å². The Balaban J connectivity index is 1.59. The first-order valence-corrected chi connectivity index (χ1v) is 21.9. The second kappa shape index (κ2) is 20.2. The number of hydrogen-bond acceptors (Lipinski definition) is 18. The minimum Gasteiger partial charge on any atom is -0.459 e. The minimum absolute atomic E-state index is 0.0306. The molecule has 0 unspecified atom stereocenters. The van der Waals surface area contributed by atoms with Gasteiger partial charge in [-0.2, -0.15) is 9.36 Å². The van der Waals surface area contributed by atoms with Gasteiger partial charge >= 0.3 is 5.97 Å². The number of rotatable bonds is 10. The van der Waals surface area contributed by atoms with Gasteiger partial charge in [0.15, 0.2) is 18.7 Å². The number of carbonyl (C=O) groups is 4. The van der Waals surface area contributed by atoms with Gasteiger partial charge in [0.1, 0.15) is 39.9 Å². The first-order chi connectivity index (χ1) is 28.7. The maximum absolute atomic E-state index is 14.6. The number of oxime groups is 1. The average Bonchev–Trinajstić information content (AvgIpc) is 3.64. The van der Waals surface area contributed by atoms with Gasteiger partial charge in [0.05, 0.1) is 42.8 Å². The van der Waals surface area contributed by atoms with Crippen LogP contribution in [0.5, 0.6) is 0 Å². The molecule has 3 aliphatic rings. The molecule has 3 fully saturated rings. The monoisotopic (exact) mass is 872 g/mol. The van der Waals surface area contributed by atoms with E-state index in [-0.39, 0.29) is 74.5 Å². The van der Waals surface area contributed by atoms with E-state index in [0.29, 0.717) is 17.1 Å². The number of anilines is 1. The zero-order valence-electron chi connectivity index (χ0n) is 37.3. The molecule has 5 heterocycles. The van der Waals surface area contributed by atoms with Crippen molar-refractivity contribution in [3.05, 3.63) is 24.0 Å². The molecule has 0 aromatic carbocycles. The van der Waals surface area contributed by atoms with Crippen molar-refractivity contribution in [1.82, 2.24) is 19.2 Å². The van der Waals surface area contributed by atoms with Gasteiger partial charge in [-0.1, -0.05) is 32.9 Å². The molecule has 0 saturated carbocycles. The van der Waals surface area contributed by atoms with Gasteiger partial charge in [0.2, 0.25) is 5.95 Å². The number of carbonyl (C=O) groups excluding carboxylic acids is 4. The lowest BCUT2D eigenvalue weighted by atomic mass is 9.74. The predicted molar refractivity (Wildman–Crippen MR) is 226 cm³/mol. The van der Waals surface area contributed by atoms with Crippen LogP contribution in [0.3, 0.4) is 0 Å². The highest BCUT2D eigenvalue weighted by Gasteiger charge is 2.53. The predicted octanol–water partition coefficient (Wildman–Crippen LogP) is 4.43. The van der Waals surface area contributed by atoms with Crippen molar-refractivity contribution in [3.63, 3.8) is 0 Å². The quantitative estimate of drug-likeness (QED) is 0.191. The Kier molecular flexibility index (Phi) is 15.9. The summed E-state index contributed by atoms with van der Waals surface area (Å²) < 4.78 is 36.7. The molecule has 61 heavy (non-hydrogen) atoms. The lowest BCUT2D eigenvalue weighted by molar-refractivity contribution is -0.284. The fourth-order valence-corrected chi connectivity index (χ4v) is 9.68. The van der Waals surface area contributed by atoms with Crippen LogP contribution in [-0.2, 0) is 54.3 Å². The minimum atomic E-state index is -1.89. The SMILES string of the molecule is CC[C@H]1OC(=O)[C@H](C)C(=O)[C@H](C)[C@@H](O[C@@H]2O[C@H](C)C[C@H](N(C)C)[C@H]2CC(C)=O)[C@@]2(C)C[C@@H](C)C(=O)[C@H](C)[C@@H](OCC(=NOCc3ccc(-c4nc(N)ns4)cn3)CO2)[C@]1(C)O. The number of fused-ring (bicyclic) bond motifs is 5. The number of ether oxygens (including phenoxy) is 5. The van der Waals surface area contributed by atoms with Gasteiger partial charge < -0.3 is 49.1 Å². The van der Waals surface area contributed by atoms with Crippen LogP contribution in [0.15, 0.2) is 23.5 Å². The molecule has 3 N–H and O–H groups in total. The van der Waals surface area contributed by atoms with Gasteiger partial charge in [-0.05, 0) is 91.6 Å². The number of aromatic nitrogens is 3. The van der Waals surface area contributed by atoms with Crippen molar-refractivity contribution < 1.29 is 52.8 Å². The third kappa shape index (κ3) is 11.2. The number of nitrogens with two attached hydrogens (primary N) is 1. The van der Waals surface area contributed by atoms with Crippen molar-refractivity contribution in [3.8, 4) is 10.6 Å². The van der Waals surface area contributed by atoms with E-state index in [1.54, 1.807) is 46.9 Å². The molecule has 2 aromatic heterocycles. The molecular formula is C43H64N6O11S. The van der Waals surface area contributed by atoms with E-state index in [9.17, 15) is 24.3 Å². The lowest BCUT2D eigenvalue weighted by Gasteiger charge is -2.48. The van der Waals surface area contributed by atoms with Crippen molar-refractivity contribution >= 4 is 46.5 Å². The van der Waals surface area contributed by atoms with E-state index in [1.807, 2.05) is 32.0 Å². The highest BCUT2D eigenvalue weighted by molar-refractivity contribution is 7.09. The van der Waals surface area contributed by atoms with Crippen molar-refractivity contribution in [1.29, 1.82) is 0 Å². The normalized spacial score (nSPS) is 36.5. The second-order valence-electron chi connectivity index (χ2n) is 17.7. The van der Waals surface area contributed by atoms with Gasteiger partial charge in [0.25, 0.3) is 0 Å². The molecule has 18 heteroatoms. The summed E-state index contributed by atoms with van der Waals surface area (Å²) >= 11 is 1.16. The molecule has 3 saturated heterocycles. The number of aliphatic hydroxyl groups is 1. The topological polar surface area (TPSA) is 224 Å². The van der Waals surface area contributed by atoms with E-state index in [1.165, 1.54) is 20.8 Å². The summed E-state index contributed by atoms with van der Waals surface area (Å²) in [6.45, 7) is 14.6. The Hall–Kier alpha value is -3.78. The van der Waals surface area contributed by atoms with Gasteiger partial charge in [-0.25, -0.2) is 0 Å². The molecule has 338 valence electrons. The zero-order chi connectivity index (χ0) is 45.0. The molecule has 0 radical (unpaired) electrons. The van der Waals surface area contributed by atoms with E-state index < -0.39 is 77.1 Å². The lowest BCUT2D eigenvalue weighted by Crippen LogP contribution is -2.59. The summed E-state index contributed by atoms with van der Waals surface area (Å²) in [6.07, 6.45) is -2.04. The Bertz CT molecular complexity index is 1890. The maximum atomic E-state index is 14.6. The van der Waals surface area contributed by atoms with Crippen LogP contribution in [0, 0.1) is 29.6 Å². The summed E-state index contributed by atoms with van der Waals surface area (Å²) in [5.74, 6) is -5.75. The standard InChI is InChI=1S/C43H64N6O11S/c1-12-33-43(9,54)37-25(5)34(51)22(2)17-42(8,56-20-30(19-55-37)47-57-21-29-14-13-28(18-45-29)38-46-41(44)48-61-38)36(26(6)35(52)27(7)39(53)59-33)60-40-31(15-23(3)50)32(49(10)11)16-24(4)58-40/h13-14,18,22,24-27,31-33,36-37,40,54H,12,15-17,19-21H2,1-11H3,(H2,44,48)/t22-,24-,25+,26+,27-,31-,32+,33-,36-,37-,40+,42-,43-/m1/s1. The Morgan fingerprint density at radius 3 is 2.41 bits per heavy atom. The summed E-state index contributed by atoms with van der Waals surface area (Å²) in [4.78, 5) is 72.2. The molecule has 2 aromatic rings. The molecule has 13 atom stereocenters. The zero-order valence-corrected chi connectivity index (χ0v) is 38.1. The van der Waals surface area contributed by atoms with Crippen LogP contribution in [0.4, 0.5) is 5.95 Å². The van der Waals surface area contributed by atoms with Crippen LogP contribution in [0.2, 0.25) is 0 Å². The smallest absolute Gasteiger partial charge is 0.316 e. The van der Waals surface area contributed by atoms with E-state index >= 15 is 0 Å². The van der Waals surface area contributed by atoms with E-state index in [0.717, 1.165) is 17.1 Å². The van der Waals surface area contributed by atoms with Gasteiger partial charge in [-0.15, -0.1) is 0 Å². The third-order valence-corrected chi connectivity index (χ3v) is 13.2. The second-order valence-corrected chi connectivity index (χ2v) is 18.5. The highest BCUT2D eigenvalue weighted by Crippen LogP contribution is 2.41. The number of Topliss-reactive ketones (excluding diaryl/α,β-unsaturated/α-hetero) is 3. The van der Waals surface area contributed by atoms with Crippen LogP contribution in [0.25, 0.3) is 10.6 Å². The molecule has 0 aliphatic carbocycles. The summed E-state index contributed by atoms with van der Waals surface area (Å²) in [7, 11) is 3.89. The first kappa shape index (κ1) is 48.3.